The van der Waals surface area contributed by atoms with E-state index in [4.69, 9.17) is 9.84 Å². The van der Waals surface area contributed by atoms with Crippen molar-refractivity contribution in [2.75, 3.05) is 0 Å². The zero-order valence-electron chi connectivity index (χ0n) is 15.0. The quantitative estimate of drug-likeness (QED) is 0.774. The molecule has 0 amide bonds. The Labute approximate surface area is 148 Å². The topological polar surface area (TPSA) is 46.5 Å². The molecule has 2 aromatic carbocycles. The molecule has 1 aliphatic rings. The second-order valence-electron chi connectivity index (χ2n) is 7.77. The van der Waals surface area contributed by atoms with Crippen LogP contribution in [0.15, 0.2) is 42.5 Å². The summed E-state index contributed by atoms with van der Waals surface area (Å²) < 4.78 is 6.16. The van der Waals surface area contributed by atoms with Gasteiger partial charge in [-0.3, -0.25) is 0 Å². The molecule has 0 radical (unpaired) electrons. The van der Waals surface area contributed by atoms with Gasteiger partial charge < -0.3 is 9.84 Å². The van der Waals surface area contributed by atoms with Crippen LogP contribution in [0, 0.1) is 11.8 Å². The summed E-state index contributed by atoms with van der Waals surface area (Å²) in [7, 11) is 0. The molecule has 0 aliphatic carbocycles. The van der Waals surface area contributed by atoms with Gasteiger partial charge in [0, 0.05) is 16.7 Å². The fourth-order valence-electron chi connectivity index (χ4n) is 3.58. The van der Waals surface area contributed by atoms with Crippen LogP contribution >= 0.6 is 0 Å². The van der Waals surface area contributed by atoms with Gasteiger partial charge in [0.2, 0.25) is 0 Å². The van der Waals surface area contributed by atoms with E-state index in [0.29, 0.717) is 0 Å². The Hall–Kier alpha value is -2.73. The number of carboxylic acid groups (broad SMARTS) is 1. The number of fused-ring (bicyclic) bond motifs is 1. The Balaban J connectivity index is 1.90. The summed E-state index contributed by atoms with van der Waals surface area (Å²) in [5.74, 6) is 6.18. The summed E-state index contributed by atoms with van der Waals surface area (Å²) in [5.41, 5.74) is 3.00. The van der Waals surface area contributed by atoms with Gasteiger partial charge in [-0.15, -0.1) is 0 Å². The van der Waals surface area contributed by atoms with Crippen molar-refractivity contribution in [1.29, 1.82) is 0 Å². The minimum absolute atomic E-state index is 0.0652. The zero-order chi connectivity index (χ0) is 18.2. The molecule has 0 aromatic heterocycles. The molecule has 25 heavy (non-hydrogen) atoms. The van der Waals surface area contributed by atoms with E-state index in [1.807, 2.05) is 12.1 Å². The average Bonchev–Trinajstić information content (AvgIpc) is 2.51. The molecule has 0 saturated carbocycles. The molecule has 3 nitrogen and oxygen atoms in total. The van der Waals surface area contributed by atoms with E-state index < -0.39 is 5.97 Å². The Morgan fingerprint density at radius 3 is 2.24 bits per heavy atom. The van der Waals surface area contributed by atoms with Gasteiger partial charge in [0.05, 0.1) is 5.56 Å². The van der Waals surface area contributed by atoms with Gasteiger partial charge in [-0.25, -0.2) is 4.79 Å². The smallest absolute Gasteiger partial charge is 0.335 e. The molecule has 3 rings (SSSR count). The Morgan fingerprint density at radius 1 is 1.00 bits per heavy atom. The van der Waals surface area contributed by atoms with Crippen LogP contribution in [-0.4, -0.2) is 16.7 Å². The third-order valence-corrected chi connectivity index (χ3v) is 4.45. The summed E-state index contributed by atoms with van der Waals surface area (Å²) >= 11 is 0. The van der Waals surface area contributed by atoms with Crippen molar-refractivity contribution in [3.05, 3.63) is 64.7 Å². The highest BCUT2D eigenvalue weighted by Crippen LogP contribution is 2.44. The maximum absolute atomic E-state index is 10.9. The van der Waals surface area contributed by atoms with Gasteiger partial charge in [0.1, 0.15) is 11.4 Å². The summed E-state index contributed by atoms with van der Waals surface area (Å²) in [6, 6.07) is 12.7. The SMILES string of the molecule is CC1(C)CC(C)(C)c2ccc(C#Cc3ccc(C(=O)O)cc3)cc2O1. The normalized spacial score (nSPS) is 16.8. The standard InChI is InChI=1S/C22H22O3/c1-21(2)14-22(3,4)25-19-13-16(9-12-18(19)21)6-5-15-7-10-17(11-8-15)20(23)24/h7-13H,14H2,1-4H3,(H,23,24). The van der Waals surface area contributed by atoms with Gasteiger partial charge >= 0.3 is 5.97 Å². The van der Waals surface area contributed by atoms with E-state index in [2.05, 4.69) is 45.6 Å². The second-order valence-corrected chi connectivity index (χ2v) is 7.77. The van der Waals surface area contributed by atoms with Crippen molar-refractivity contribution >= 4 is 5.97 Å². The van der Waals surface area contributed by atoms with Crippen LogP contribution in [-0.2, 0) is 5.41 Å². The summed E-state index contributed by atoms with van der Waals surface area (Å²) in [6.07, 6.45) is 0.966. The summed E-state index contributed by atoms with van der Waals surface area (Å²) in [5, 5.41) is 8.93. The number of benzene rings is 2. The molecule has 0 fully saturated rings. The van der Waals surface area contributed by atoms with Gasteiger partial charge in [-0.1, -0.05) is 31.8 Å². The highest BCUT2D eigenvalue weighted by molar-refractivity contribution is 5.87. The fraction of sp³-hybridized carbons (Fsp3) is 0.318. The van der Waals surface area contributed by atoms with Gasteiger partial charge in [0.25, 0.3) is 0 Å². The largest absolute Gasteiger partial charge is 0.487 e. The highest BCUT2D eigenvalue weighted by atomic mass is 16.5. The molecule has 128 valence electrons. The molecule has 3 heteroatoms. The first-order valence-electron chi connectivity index (χ1n) is 8.35. The van der Waals surface area contributed by atoms with Crippen molar-refractivity contribution in [1.82, 2.24) is 0 Å². The maximum atomic E-state index is 10.9. The first kappa shape index (κ1) is 17.1. The van der Waals surface area contributed by atoms with Crippen LogP contribution < -0.4 is 4.74 Å². The first-order chi connectivity index (χ1) is 11.7. The van der Waals surface area contributed by atoms with Gasteiger partial charge in [-0.05, 0) is 62.1 Å². The van der Waals surface area contributed by atoms with Crippen molar-refractivity contribution in [2.24, 2.45) is 0 Å². The maximum Gasteiger partial charge on any atom is 0.335 e. The molecule has 1 N–H and O–H groups in total. The van der Waals surface area contributed by atoms with E-state index in [1.54, 1.807) is 24.3 Å². The molecule has 0 spiro atoms. The molecule has 0 unspecified atom stereocenters. The number of rotatable bonds is 1. The van der Waals surface area contributed by atoms with Crippen molar-refractivity contribution in [3.8, 4) is 17.6 Å². The van der Waals surface area contributed by atoms with Gasteiger partial charge in [0.15, 0.2) is 0 Å². The zero-order valence-corrected chi connectivity index (χ0v) is 15.0. The van der Waals surface area contributed by atoms with Crippen LogP contribution in [0.4, 0.5) is 0 Å². The van der Waals surface area contributed by atoms with E-state index in [0.717, 1.165) is 23.3 Å². The Bertz CT molecular complexity index is 878. The van der Waals surface area contributed by atoms with E-state index in [9.17, 15) is 4.79 Å². The molecule has 2 aromatic rings. The van der Waals surface area contributed by atoms with Crippen LogP contribution in [0.1, 0.15) is 61.2 Å². The molecule has 0 atom stereocenters. The van der Waals surface area contributed by atoms with Crippen LogP contribution in [0.2, 0.25) is 0 Å². The minimum atomic E-state index is -0.934. The second kappa shape index (κ2) is 5.97. The number of carbonyl (C=O) groups is 1. The monoisotopic (exact) mass is 334 g/mol. The van der Waals surface area contributed by atoms with Crippen molar-refractivity contribution < 1.29 is 14.6 Å². The lowest BCUT2D eigenvalue weighted by Crippen LogP contribution is -2.41. The summed E-state index contributed by atoms with van der Waals surface area (Å²) in [6.45, 7) is 8.71. The highest BCUT2D eigenvalue weighted by Gasteiger charge is 2.38. The first-order valence-corrected chi connectivity index (χ1v) is 8.35. The lowest BCUT2D eigenvalue weighted by atomic mass is 9.73. The van der Waals surface area contributed by atoms with Crippen molar-refractivity contribution in [2.45, 2.75) is 45.1 Å². The third kappa shape index (κ3) is 3.69. The lowest BCUT2D eigenvalue weighted by molar-refractivity contribution is 0.0533. The van der Waals surface area contributed by atoms with E-state index in [1.165, 1.54) is 5.56 Å². The number of aromatic carboxylic acids is 1. The summed E-state index contributed by atoms with van der Waals surface area (Å²) in [4.78, 5) is 10.9. The van der Waals surface area contributed by atoms with E-state index >= 15 is 0 Å². The lowest BCUT2D eigenvalue weighted by Gasteiger charge is -2.42. The number of hydrogen-bond donors (Lipinski definition) is 1. The average molecular weight is 334 g/mol. The molecular weight excluding hydrogens is 312 g/mol. The van der Waals surface area contributed by atoms with Crippen molar-refractivity contribution in [3.63, 3.8) is 0 Å². The number of ether oxygens (including phenoxy) is 1. The molecular formula is C22H22O3. The molecule has 0 saturated heterocycles. The number of hydrogen-bond acceptors (Lipinski definition) is 2. The minimum Gasteiger partial charge on any atom is -0.487 e. The Morgan fingerprint density at radius 2 is 1.60 bits per heavy atom. The molecule has 0 bridgehead atoms. The van der Waals surface area contributed by atoms with Gasteiger partial charge in [-0.2, -0.15) is 0 Å². The molecule has 1 heterocycles. The van der Waals surface area contributed by atoms with Crippen LogP contribution in [0.25, 0.3) is 0 Å². The Kier molecular flexibility index (Phi) is 4.08. The number of carboxylic acids is 1. The van der Waals surface area contributed by atoms with E-state index in [-0.39, 0.29) is 16.6 Å². The third-order valence-electron chi connectivity index (χ3n) is 4.45. The van der Waals surface area contributed by atoms with Crippen LogP contribution in [0.5, 0.6) is 5.75 Å². The van der Waals surface area contributed by atoms with Crippen LogP contribution in [0.3, 0.4) is 0 Å². The fourth-order valence-corrected chi connectivity index (χ4v) is 3.58. The predicted molar refractivity (Wildman–Crippen MR) is 98.2 cm³/mol. The predicted octanol–water partition coefficient (Wildman–Crippen LogP) is 4.62. The molecule has 1 aliphatic heterocycles.